The van der Waals surface area contributed by atoms with Crippen molar-refractivity contribution in [3.8, 4) is 12.3 Å². The molecule has 0 bridgehead atoms. The number of hydrogen-bond donors (Lipinski definition) is 2. The fourth-order valence-corrected chi connectivity index (χ4v) is 1.26. The lowest BCUT2D eigenvalue weighted by Crippen LogP contribution is -2.39. The third-order valence-electron chi connectivity index (χ3n) is 2.17. The van der Waals surface area contributed by atoms with Crippen LogP contribution in [0.15, 0.2) is 12.1 Å². The Morgan fingerprint density at radius 1 is 1.60 bits per heavy atom. The Bertz CT molecular complexity index is 381. The van der Waals surface area contributed by atoms with Crippen molar-refractivity contribution in [3.05, 3.63) is 23.5 Å². The summed E-state index contributed by atoms with van der Waals surface area (Å²) in [5, 5.41) is 0. The lowest BCUT2D eigenvalue weighted by molar-refractivity contribution is -0.118. The molecule has 1 aromatic heterocycles. The molecule has 0 aliphatic rings. The lowest BCUT2D eigenvalue weighted by atomic mass is 10.2. The van der Waals surface area contributed by atoms with Crippen molar-refractivity contribution in [3.63, 3.8) is 0 Å². The molecular weight excluding hydrogens is 190 g/mol. The summed E-state index contributed by atoms with van der Waals surface area (Å²) in [6.07, 6.45) is 5.32. The molecule has 1 rings (SSSR count). The first-order valence-electron chi connectivity index (χ1n) is 4.71. The molecule has 0 fully saturated rings. The van der Waals surface area contributed by atoms with Crippen LogP contribution in [0, 0.1) is 26.2 Å². The summed E-state index contributed by atoms with van der Waals surface area (Å²) in [5.41, 5.74) is 10.2. The fourth-order valence-electron chi connectivity index (χ4n) is 1.26. The van der Waals surface area contributed by atoms with Crippen molar-refractivity contribution in [2.75, 3.05) is 5.43 Å². The highest BCUT2D eigenvalue weighted by atomic mass is 16.2. The summed E-state index contributed by atoms with van der Waals surface area (Å²) in [6, 6.07) is 3.18. The molecule has 0 aliphatic carbocycles. The molecule has 1 heterocycles. The van der Waals surface area contributed by atoms with E-state index in [1.165, 1.54) is 0 Å². The van der Waals surface area contributed by atoms with E-state index in [0.29, 0.717) is 0 Å². The molecule has 0 aromatic carbocycles. The van der Waals surface area contributed by atoms with Gasteiger partial charge < -0.3 is 5.73 Å². The van der Waals surface area contributed by atoms with Crippen LogP contribution in [-0.4, -0.2) is 16.6 Å². The largest absolute Gasteiger partial charge is 0.319 e. The quantitative estimate of drug-likeness (QED) is 0.707. The Balaban J connectivity index is 2.71. The van der Waals surface area contributed by atoms with Gasteiger partial charge in [-0.2, -0.15) is 0 Å². The van der Waals surface area contributed by atoms with Crippen molar-refractivity contribution in [2.45, 2.75) is 26.3 Å². The van der Waals surface area contributed by atoms with Gasteiger partial charge in [0.1, 0.15) is 0 Å². The molecule has 4 nitrogen and oxygen atoms in total. The summed E-state index contributed by atoms with van der Waals surface area (Å²) in [4.78, 5) is 11.6. The molecule has 1 amide bonds. The molecular formula is C11H15N3O. The molecule has 0 aliphatic heterocycles. The van der Waals surface area contributed by atoms with Crippen LogP contribution in [0.25, 0.3) is 0 Å². The highest BCUT2D eigenvalue weighted by Gasteiger charge is 2.13. The van der Waals surface area contributed by atoms with Gasteiger partial charge in [0.05, 0.1) is 6.04 Å². The SMILES string of the molecule is C#CCC(N)C(=O)Nn1c(C)ccc1C. The number of hydrogen-bond acceptors (Lipinski definition) is 2. The predicted molar refractivity (Wildman–Crippen MR) is 59.7 cm³/mol. The average Bonchev–Trinajstić information content (AvgIpc) is 2.49. The van der Waals surface area contributed by atoms with Crippen LogP contribution >= 0.6 is 0 Å². The minimum atomic E-state index is -0.656. The van der Waals surface area contributed by atoms with Crippen molar-refractivity contribution in [2.24, 2.45) is 5.73 Å². The van der Waals surface area contributed by atoms with E-state index in [0.717, 1.165) is 11.4 Å². The number of aryl methyl sites for hydroxylation is 2. The zero-order chi connectivity index (χ0) is 11.4. The van der Waals surface area contributed by atoms with E-state index in [2.05, 4.69) is 11.3 Å². The van der Waals surface area contributed by atoms with Crippen LogP contribution in [0.2, 0.25) is 0 Å². The van der Waals surface area contributed by atoms with E-state index < -0.39 is 6.04 Å². The van der Waals surface area contributed by atoms with Gasteiger partial charge in [0.15, 0.2) is 0 Å². The second kappa shape index (κ2) is 4.67. The molecule has 80 valence electrons. The second-order valence-corrected chi connectivity index (χ2v) is 3.44. The summed E-state index contributed by atoms with van der Waals surface area (Å²) in [6.45, 7) is 3.81. The van der Waals surface area contributed by atoms with Crippen molar-refractivity contribution < 1.29 is 4.79 Å². The van der Waals surface area contributed by atoms with Crippen LogP contribution in [0.1, 0.15) is 17.8 Å². The van der Waals surface area contributed by atoms with Crippen molar-refractivity contribution in [1.29, 1.82) is 0 Å². The minimum Gasteiger partial charge on any atom is -0.319 e. The number of amides is 1. The summed E-state index contributed by atoms with van der Waals surface area (Å²) >= 11 is 0. The normalized spacial score (nSPS) is 11.9. The average molecular weight is 205 g/mol. The Morgan fingerprint density at radius 3 is 2.60 bits per heavy atom. The van der Waals surface area contributed by atoms with E-state index in [4.69, 9.17) is 12.2 Å². The number of nitrogens with zero attached hydrogens (tertiary/aromatic N) is 1. The molecule has 1 unspecified atom stereocenters. The third-order valence-corrected chi connectivity index (χ3v) is 2.17. The molecule has 0 radical (unpaired) electrons. The molecule has 15 heavy (non-hydrogen) atoms. The number of terminal acetylenes is 1. The molecule has 4 heteroatoms. The minimum absolute atomic E-state index is 0.241. The zero-order valence-electron chi connectivity index (χ0n) is 8.95. The van der Waals surface area contributed by atoms with E-state index in [9.17, 15) is 4.79 Å². The van der Waals surface area contributed by atoms with Crippen LogP contribution < -0.4 is 11.2 Å². The Labute approximate surface area is 89.4 Å². The van der Waals surface area contributed by atoms with Crippen molar-refractivity contribution >= 4 is 5.91 Å². The number of aromatic nitrogens is 1. The molecule has 0 saturated heterocycles. The number of rotatable bonds is 3. The maximum atomic E-state index is 11.6. The van der Waals surface area contributed by atoms with E-state index >= 15 is 0 Å². The van der Waals surface area contributed by atoms with Gasteiger partial charge in [-0.15, -0.1) is 12.3 Å². The molecule has 3 N–H and O–H groups in total. The fraction of sp³-hybridized carbons (Fsp3) is 0.364. The first-order valence-corrected chi connectivity index (χ1v) is 4.71. The van der Waals surface area contributed by atoms with Crippen LogP contribution in [0.3, 0.4) is 0 Å². The Morgan fingerprint density at radius 2 is 2.13 bits per heavy atom. The Kier molecular flexibility index (Phi) is 3.53. The third kappa shape index (κ3) is 2.61. The lowest BCUT2D eigenvalue weighted by Gasteiger charge is -2.13. The topological polar surface area (TPSA) is 60.1 Å². The van der Waals surface area contributed by atoms with Gasteiger partial charge in [-0.3, -0.25) is 14.9 Å². The maximum absolute atomic E-state index is 11.6. The summed E-state index contributed by atoms with van der Waals surface area (Å²) in [7, 11) is 0. The predicted octanol–water partition coefficient (Wildman–Crippen LogP) is 0.526. The standard InChI is InChI=1S/C11H15N3O/c1-4-5-10(12)11(15)13-14-8(2)6-7-9(14)3/h1,6-7,10H,5,12H2,2-3H3,(H,13,15). The summed E-state index contributed by atoms with van der Waals surface area (Å²) in [5.74, 6) is 2.09. The smallest absolute Gasteiger partial charge is 0.256 e. The van der Waals surface area contributed by atoms with E-state index in [1.54, 1.807) is 4.68 Å². The zero-order valence-corrected chi connectivity index (χ0v) is 8.95. The van der Waals surface area contributed by atoms with Gasteiger partial charge in [0, 0.05) is 17.8 Å². The Hall–Kier alpha value is -1.73. The highest BCUT2D eigenvalue weighted by molar-refractivity contribution is 5.89. The van der Waals surface area contributed by atoms with Crippen LogP contribution in [0.5, 0.6) is 0 Å². The van der Waals surface area contributed by atoms with Crippen LogP contribution in [0.4, 0.5) is 0 Å². The number of nitrogens with one attached hydrogen (secondary N) is 1. The number of carbonyl (C=O) groups is 1. The highest BCUT2D eigenvalue weighted by Crippen LogP contribution is 2.04. The van der Waals surface area contributed by atoms with Gasteiger partial charge in [-0.25, -0.2) is 0 Å². The van der Waals surface area contributed by atoms with Gasteiger partial charge in [0.25, 0.3) is 5.91 Å². The molecule has 1 aromatic rings. The first-order chi connectivity index (χ1) is 7.06. The van der Waals surface area contributed by atoms with E-state index in [1.807, 2.05) is 26.0 Å². The molecule has 1 atom stereocenters. The second-order valence-electron chi connectivity index (χ2n) is 3.44. The van der Waals surface area contributed by atoms with Gasteiger partial charge >= 0.3 is 0 Å². The van der Waals surface area contributed by atoms with E-state index in [-0.39, 0.29) is 12.3 Å². The monoisotopic (exact) mass is 205 g/mol. The molecule has 0 spiro atoms. The van der Waals surface area contributed by atoms with Crippen molar-refractivity contribution in [1.82, 2.24) is 4.68 Å². The van der Waals surface area contributed by atoms with Gasteiger partial charge in [-0.1, -0.05) is 0 Å². The maximum Gasteiger partial charge on any atom is 0.256 e. The van der Waals surface area contributed by atoms with Gasteiger partial charge in [0.2, 0.25) is 0 Å². The number of carbonyl (C=O) groups excluding carboxylic acids is 1. The van der Waals surface area contributed by atoms with Crippen LogP contribution in [-0.2, 0) is 4.79 Å². The van der Waals surface area contributed by atoms with Gasteiger partial charge in [-0.05, 0) is 26.0 Å². The first kappa shape index (κ1) is 11.3. The molecule has 0 saturated carbocycles. The number of nitrogens with two attached hydrogens (primary N) is 1. The summed E-state index contributed by atoms with van der Waals surface area (Å²) < 4.78 is 1.69.